The van der Waals surface area contributed by atoms with Gasteiger partial charge in [0.05, 0.1) is 52.4 Å². The molecule has 44 heavy (non-hydrogen) atoms. The van der Waals surface area contributed by atoms with Crippen LogP contribution in [0.3, 0.4) is 0 Å². The number of ether oxygens (including phenoxy) is 5. The summed E-state index contributed by atoms with van der Waals surface area (Å²) in [7, 11) is -0.196. The molecule has 1 N–H and O–H groups in total. The van der Waals surface area contributed by atoms with Crippen molar-refractivity contribution in [3.05, 3.63) is 29.8 Å². The number of hydrogen-bond acceptors (Lipinski definition) is 8. The van der Waals surface area contributed by atoms with Crippen molar-refractivity contribution in [3.63, 3.8) is 0 Å². The first-order valence-corrected chi connectivity index (χ1v) is 18.7. The van der Waals surface area contributed by atoms with Crippen molar-refractivity contribution in [2.45, 2.75) is 84.7 Å². The lowest BCUT2D eigenvalue weighted by Crippen LogP contribution is -2.43. The van der Waals surface area contributed by atoms with Gasteiger partial charge in [0, 0.05) is 26.6 Å². The Hall–Kier alpha value is -2.02. The van der Waals surface area contributed by atoms with E-state index < -0.39 is 14.4 Å². The van der Waals surface area contributed by atoms with Gasteiger partial charge in [-0.15, -0.1) is 0 Å². The van der Waals surface area contributed by atoms with Crippen LogP contribution in [0.4, 0.5) is 0 Å². The number of carbonyl (C=O) groups is 2. The van der Waals surface area contributed by atoms with Crippen LogP contribution in [0.15, 0.2) is 24.3 Å². The van der Waals surface area contributed by atoms with Crippen LogP contribution in [0.5, 0.6) is 5.75 Å². The van der Waals surface area contributed by atoms with E-state index in [1.807, 2.05) is 45.0 Å². The number of methoxy groups -OCH3 is 1. The van der Waals surface area contributed by atoms with Crippen molar-refractivity contribution in [2.24, 2.45) is 5.41 Å². The highest BCUT2D eigenvalue weighted by atomic mass is 28.4. The minimum atomic E-state index is -1.83. The fourth-order valence-corrected chi connectivity index (χ4v) is 5.42. The van der Waals surface area contributed by atoms with Gasteiger partial charge in [0.2, 0.25) is 11.8 Å². The van der Waals surface area contributed by atoms with Crippen LogP contribution in [0, 0.1) is 5.41 Å². The largest absolute Gasteiger partial charge is 0.491 e. The predicted molar refractivity (Wildman–Crippen MR) is 174 cm³/mol. The molecule has 1 aliphatic rings. The number of nitrogens with one attached hydrogen (secondary N) is 1. The molecule has 0 saturated carbocycles. The molecule has 2 rings (SSSR count). The van der Waals surface area contributed by atoms with E-state index in [1.54, 1.807) is 12.0 Å². The zero-order valence-electron chi connectivity index (χ0n) is 28.7. The van der Waals surface area contributed by atoms with Gasteiger partial charge in [-0.3, -0.25) is 9.59 Å². The first-order chi connectivity index (χ1) is 20.6. The summed E-state index contributed by atoms with van der Waals surface area (Å²) in [6.07, 6.45) is 0.976. The monoisotopic (exact) mass is 638 g/mol. The van der Waals surface area contributed by atoms with Gasteiger partial charge in [0.1, 0.15) is 18.4 Å². The molecule has 10 nitrogen and oxygen atoms in total. The van der Waals surface area contributed by atoms with E-state index in [-0.39, 0.29) is 28.4 Å². The fraction of sp³-hybridized carbons (Fsp3) is 0.758. The van der Waals surface area contributed by atoms with Gasteiger partial charge < -0.3 is 38.3 Å². The molecule has 1 aliphatic heterocycles. The molecule has 1 aromatic carbocycles. The van der Waals surface area contributed by atoms with Crippen LogP contribution in [0.1, 0.15) is 66.0 Å². The number of likely N-dealkylation sites (tertiary alicyclic amines) is 1. The SMILES string of the molecule is COCCOCCOCCO[C@H]1CCN(C(=O)[C@@H](NC(=O)CC(C)(C)C)c2ccc(OCCO[Si](C)(C)C(C)(C)C)cc2)C1. The summed E-state index contributed by atoms with van der Waals surface area (Å²) in [6.45, 7) is 22.1. The summed E-state index contributed by atoms with van der Waals surface area (Å²) < 4.78 is 34.0. The van der Waals surface area contributed by atoms with Crippen molar-refractivity contribution in [1.82, 2.24) is 10.2 Å². The average Bonchev–Trinajstić information content (AvgIpc) is 3.41. The first-order valence-electron chi connectivity index (χ1n) is 15.8. The minimum Gasteiger partial charge on any atom is -0.491 e. The van der Waals surface area contributed by atoms with Crippen LogP contribution < -0.4 is 10.1 Å². The smallest absolute Gasteiger partial charge is 0.249 e. The van der Waals surface area contributed by atoms with Crippen LogP contribution in [-0.2, 0) is 33.0 Å². The number of rotatable bonds is 19. The molecule has 0 bridgehead atoms. The van der Waals surface area contributed by atoms with E-state index in [0.717, 1.165) is 6.42 Å². The molecule has 0 spiro atoms. The van der Waals surface area contributed by atoms with E-state index in [0.29, 0.717) is 83.7 Å². The summed E-state index contributed by atoms with van der Waals surface area (Å²) in [6, 6.07) is 6.60. The Balaban J connectivity index is 1.93. The van der Waals surface area contributed by atoms with E-state index in [1.165, 1.54) is 0 Å². The molecule has 1 saturated heterocycles. The Bertz CT molecular complexity index is 991. The molecule has 2 amide bonds. The molecule has 2 atom stereocenters. The van der Waals surface area contributed by atoms with Gasteiger partial charge in [0.25, 0.3) is 0 Å². The van der Waals surface area contributed by atoms with Gasteiger partial charge in [-0.25, -0.2) is 0 Å². The molecule has 0 radical (unpaired) electrons. The van der Waals surface area contributed by atoms with Crippen molar-refractivity contribution in [3.8, 4) is 5.75 Å². The summed E-state index contributed by atoms with van der Waals surface area (Å²) in [5.41, 5.74) is 0.514. The number of carbonyl (C=O) groups excluding carboxylic acids is 2. The molecular formula is C33H58N2O8Si. The molecule has 11 heteroatoms. The van der Waals surface area contributed by atoms with Crippen molar-refractivity contribution < 1.29 is 37.7 Å². The zero-order valence-corrected chi connectivity index (χ0v) is 29.7. The predicted octanol–water partition coefficient (Wildman–Crippen LogP) is 4.98. The maximum absolute atomic E-state index is 13.8. The lowest BCUT2D eigenvalue weighted by atomic mass is 9.91. The highest BCUT2D eigenvalue weighted by Gasteiger charge is 2.37. The molecule has 0 aromatic heterocycles. The van der Waals surface area contributed by atoms with Crippen molar-refractivity contribution in [1.29, 1.82) is 0 Å². The third-order valence-corrected chi connectivity index (χ3v) is 12.5. The van der Waals surface area contributed by atoms with Gasteiger partial charge >= 0.3 is 0 Å². The number of nitrogens with zero attached hydrogens (tertiary/aromatic N) is 1. The number of benzene rings is 1. The van der Waals surface area contributed by atoms with Gasteiger partial charge in [-0.1, -0.05) is 53.7 Å². The van der Waals surface area contributed by atoms with Crippen LogP contribution in [0.2, 0.25) is 18.1 Å². The van der Waals surface area contributed by atoms with Gasteiger partial charge in [0.15, 0.2) is 8.32 Å². The zero-order chi connectivity index (χ0) is 32.8. The van der Waals surface area contributed by atoms with E-state index >= 15 is 0 Å². The Morgan fingerprint density at radius 3 is 2.11 bits per heavy atom. The summed E-state index contributed by atoms with van der Waals surface area (Å²) in [5, 5.41) is 3.14. The standard InChI is InChI=1S/C33H58N2O8Si/c1-32(2,3)24-29(36)34-30(26-10-12-27(13-11-26)41-22-23-43-44(8,9)33(4,5)6)31(37)35-15-14-28(25-35)42-21-20-40-19-18-39-17-16-38-7/h10-13,28,30H,14-25H2,1-9H3,(H,34,36)/t28-,30-/m0/s1. The van der Waals surface area contributed by atoms with Gasteiger partial charge in [-0.05, 0) is 47.7 Å². The second-order valence-corrected chi connectivity index (χ2v) is 18.9. The second kappa shape index (κ2) is 18.2. The Morgan fingerprint density at radius 2 is 1.52 bits per heavy atom. The second-order valence-electron chi connectivity index (χ2n) is 14.0. The molecule has 252 valence electrons. The fourth-order valence-electron chi connectivity index (χ4n) is 4.40. The Kier molecular flexibility index (Phi) is 15.8. The van der Waals surface area contributed by atoms with Crippen LogP contribution in [0.25, 0.3) is 0 Å². The summed E-state index contributed by atoms with van der Waals surface area (Å²) in [4.78, 5) is 28.5. The Morgan fingerprint density at radius 1 is 0.909 bits per heavy atom. The van der Waals surface area contributed by atoms with Gasteiger partial charge in [-0.2, -0.15) is 0 Å². The first kappa shape index (κ1) is 38.2. The quantitative estimate of drug-likeness (QED) is 0.167. The molecular weight excluding hydrogens is 580 g/mol. The minimum absolute atomic E-state index is 0.0734. The molecule has 1 fully saturated rings. The van der Waals surface area contributed by atoms with Crippen LogP contribution in [-0.4, -0.2) is 104 Å². The van der Waals surface area contributed by atoms with Crippen molar-refractivity contribution in [2.75, 3.05) is 73.1 Å². The third kappa shape index (κ3) is 14.0. The Labute approximate surface area is 266 Å². The van der Waals surface area contributed by atoms with Crippen molar-refractivity contribution >= 4 is 20.1 Å². The summed E-state index contributed by atoms with van der Waals surface area (Å²) in [5.74, 6) is 0.395. The molecule has 1 aromatic rings. The lowest BCUT2D eigenvalue weighted by Gasteiger charge is -2.36. The number of amides is 2. The van der Waals surface area contributed by atoms with E-state index in [9.17, 15) is 9.59 Å². The summed E-state index contributed by atoms with van der Waals surface area (Å²) >= 11 is 0. The molecule has 0 unspecified atom stereocenters. The van der Waals surface area contributed by atoms with Crippen LogP contribution >= 0.6 is 0 Å². The lowest BCUT2D eigenvalue weighted by molar-refractivity contribution is -0.136. The maximum atomic E-state index is 13.8. The highest BCUT2D eigenvalue weighted by molar-refractivity contribution is 6.74. The van der Waals surface area contributed by atoms with E-state index in [2.05, 4.69) is 39.2 Å². The molecule has 1 heterocycles. The molecule has 0 aliphatic carbocycles. The number of hydrogen-bond donors (Lipinski definition) is 1. The maximum Gasteiger partial charge on any atom is 0.249 e. The highest BCUT2D eigenvalue weighted by Crippen LogP contribution is 2.36. The topological polar surface area (TPSA) is 105 Å². The van der Waals surface area contributed by atoms with E-state index in [4.69, 9.17) is 28.1 Å². The average molecular weight is 639 g/mol. The third-order valence-electron chi connectivity index (χ3n) is 7.92. The normalized spacial score (nSPS) is 16.7.